The van der Waals surface area contributed by atoms with Crippen LogP contribution in [0.5, 0.6) is 0 Å². The predicted octanol–water partition coefficient (Wildman–Crippen LogP) is 3.34. The molecule has 126 valence electrons. The number of carbonyl (C=O) groups is 1. The number of nitrogens with one attached hydrogen (secondary N) is 1. The Kier molecular flexibility index (Phi) is 6.11. The number of rotatable bonds is 5. The van der Waals surface area contributed by atoms with E-state index >= 15 is 0 Å². The summed E-state index contributed by atoms with van der Waals surface area (Å²) in [7, 11) is 0. The Morgan fingerprint density at radius 2 is 1.96 bits per heavy atom. The number of carbonyl (C=O) groups excluding carboxylic acids is 1. The van der Waals surface area contributed by atoms with Crippen molar-refractivity contribution in [3.05, 3.63) is 52.0 Å². The highest BCUT2D eigenvalue weighted by Crippen LogP contribution is 2.25. The topological polar surface area (TPSA) is 93.3 Å². The zero-order chi connectivity index (χ0) is 17.7. The Bertz CT molecular complexity index is 762. The molecule has 0 aliphatic heterocycles. The van der Waals surface area contributed by atoms with Gasteiger partial charge in [0.25, 0.3) is 5.91 Å². The average molecular weight is 366 g/mol. The highest BCUT2D eigenvalue weighted by molar-refractivity contribution is 6.42. The number of aromatic nitrogens is 2. The van der Waals surface area contributed by atoms with E-state index in [2.05, 4.69) is 20.3 Å². The molecule has 1 aromatic heterocycles. The van der Waals surface area contributed by atoms with E-state index in [1.54, 1.807) is 19.1 Å². The molecule has 0 saturated carbocycles. The lowest BCUT2D eigenvalue weighted by molar-refractivity contribution is 0.100. The summed E-state index contributed by atoms with van der Waals surface area (Å²) < 4.78 is 0. The second-order valence-corrected chi connectivity index (χ2v) is 6.09. The van der Waals surface area contributed by atoms with E-state index < -0.39 is 5.91 Å². The van der Waals surface area contributed by atoms with Crippen molar-refractivity contribution in [1.29, 1.82) is 0 Å². The van der Waals surface area contributed by atoms with Crippen LogP contribution in [0.4, 0.5) is 5.69 Å². The molecule has 8 heteroatoms. The predicted molar refractivity (Wildman–Crippen MR) is 96.8 cm³/mol. The van der Waals surface area contributed by atoms with Crippen molar-refractivity contribution in [2.75, 3.05) is 11.9 Å². The SMILES string of the molecule is Cc1ncc(C(=O)N=C(N)C(C)CNc2ccc(Cl)c(Cl)c2)cn1. The lowest BCUT2D eigenvalue weighted by Gasteiger charge is -2.13. The number of amides is 1. The summed E-state index contributed by atoms with van der Waals surface area (Å²) in [4.78, 5) is 23.9. The number of hydrogen-bond acceptors (Lipinski definition) is 4. The Labute approximate surface area is 150 Å². The van der Waals surface area contributed by atoms with E-state index in [1.807, 2.05) is 13.0 Å². The van der Waals surface area contributed by atoms with Crippen molar-refractivity contribution < 1.29 is 4.79 Å². The first kappa shape index (κ1) is 18.2. The zero-order valence-electron chi connectivity index (χ0n) is 13.3. The average Bonchev–Trinajstić information content (AvgIpc) is 2.56. The van der Waals surface area contributed by atoms with Gasteiger partial charge in [0.05, 0.1) is 15.6 Å². The van der Waals surface area contributed by atoms with E-state index in [1.165, 1.54) is 12.4 Å². The Morgan fingerprint density at radius 3 is 2.58 bits per heavy atom. The molecule has 1 amide bonds. The molecule has 3 N–H and O–H groups in total. The second kappa shape index (κ2) is 8.08. The molecule has 0 spiro atoms. The summed E-state index contributed by atoms with van der Waals surface area (Å²) in [6, 6.07) is 5.23. The maximum atomic E-state index is 12.0. The van der Waals surface area contributed by atoms with E-state index in [0.717, 1.165) is 5.69 Å². The molecule has 2 rings (SSSR count). The first-order chi connectivity index (χ1) is 11.4. The molecular formula is C16H17Cl2N5O. The van der Waals surface area contributed by atoms with Gasteiger partial charge >= 0.3 is 0 Å². The fourth-order valence-electron chi connectivity index (χ4n) is 1.78. The minimum Gasteiger partial charge on any atom is -0.387 e. The zero-order valence-corrected chi connectivity index (χ0v) is 14.8. The third-order valence-electron chi connectivity index (χ3n) is 3.30. The molecule has 0 bridgehead atoms. The van der Waals surface area contributed by atoms with Gasteiger partial charge in [-0.05, 0) is 25.1 Å². The molecule has 0 aliphatic carbocycles. The third kappa shape index (κ3) is 4.91. The number of hydrogen-bond donors (Lipinski definition) is 2. The largest absolute Gasteiger partial charge is 0.387 e. The molecule has 1 aromatic carbocycles. The van der Waals surface area contributed by atoms with Gasteiger partial charge in [-0.15, -0.1) is 0 Å². The summed E-state index contributed by atoms with van der Waals surface area (Å²) in [5.41, 5.74) is 7.01. The van der Waals surface area contributed by atoms with Gasteiger partial charge in [-0.25, -0.2) is 9.97 Å². The molecule has 0 radical (unpaired) electrons. The van der Waals surface area contributed by atoms with Gasteiger partial charge in [0, 0.05) is 30.5 Å². The Morgan fingerprint density at radius 1 is 1.29 bits per heavy atom. The summed E-state index contributed by atoms with van der Waals surface area (Å²) in [6.07, 6.45) is 2.86. The summed E-state index contributed by atoms with van der Waals surface area (Å²) in [5.74, 6) is 0.194. The van der Waals surface area contributed by atoms with Crippen LogP contribution in [-0.2, 0) is 0 Å². The van der Waals surface area contributed by atoms with E-state index in [9.17, 15) is 4.79 Å². The maximum Gasteiger partial charge on any atom is 0.281 e. The van der Waals surface area contributed by atoms with Gasteiger partial charge in [-0.3, -0.25) is 4.79 Å². The van der Waals surface area contributed by atoms with Crippen LogP contribution < -0.4 is 11.1 Å². The van der Waals surface area contributed by atoms with Crippen molar-refractivity contribution in [3.63, 3.8) is 0 Å². The highest BCUT2D eigenvalue weighted by Gasteiger charge is 2.11. The minimum atomic E-state index is -0.464. The molecule has 0 saturated heterocycles. The molecule has 1 atom stereocenters. The monoisotopic (exact) mass is 365 g/mol. The van der Waals surface area contributed by atoms with Crippen LogP contribution in [-0.4, -0.2) is 28.3 Å². The van der Waals surface area contributed by atoms with Gasteiger partial charge in [0.1, 0.15) is 11.7 Å². The molecule has 2 aromatic rings. The van der Waals surface area contributed by atoms with E-state index in [-0.39, 0.29) is 11.8 Å². The van der Waals surface area contributed by atoms with E-state index in [0.29, 0.717) is 28.0 Å². The lowest BCUT2D eigenvalue weighted by Crippen LogP contribution is -2.28. The molecule has 0 aliphatic rings. The molecule has 1 unspecified atom stereocenters. The van der Waals surface area contributed by atoms with Gasteiger partial charge in [0.2, 0.25) is 0 Å². The number of halogens is 2. The number of nitrogens with two attached hydrogens (primary N) is 1. The maximum absolute atomic E-state index is 12.0. The summed E-state index contributed by atoms with van der Waals surface area (Å²) in [6.45, 7) is 4.09. The number of aryl methyl sites for hydroxylation is 1. The Balaban J connectivity index is 1.97. The van der Waals surface area contributed by atoms with Crippen molar-refractivity contribution in [2.45, 2.75) is 13.8 Å². The number of benzene rings is 1. The number of nitrogens with zero attached hydrogens (tertiary/aromatic N) is 3. The van der Waals surface area contributed by atoms with Crippen LogP contribution in [0.3, 0.4) is 0 Å². The fraction of sp³-hybridized carbons (Fsp3) is 0.250. The van der Waals surface area contributed by atoms with Crippen molar-refractivity contribution in [1.82, 2.24) is 9.97 Å². The van der Waals surface area contributed by atoms with Gasteiger partial charge in [0.15, 0.2) is 0 Å². The van der Waals surface area contributed by atoms with Gasteiger partial charge in [-0.1, -0.05) is 30.1 Å². The van der Waals surface area contributed by atoms with E-state index in [4.69, 9.17) is 28.9 Å². The second-order valence-electron chi connectivity index (χ2n) is 5.27. The van der Waals surface area contributed by atoms with Crippen molar-refractivity contribution >= 4 is 40.6 Å². The van der Waals surface area contributed by atoms with Crippen LogP contribution in [0.25, 0.3) is 0 Å². The van der Waals surface area contributed by atoms with Gasteiger partial charge < -0.3 is 11.1 Å². The lowest BCUT2D eigenvalue weighted by atomic mass is 10.1. The molecular weight excluding hydrogens is 349 g/mol. The summed E-state index contributed by atoms with van der Waals surface area (Å²) >= 11 is 11.8. The standard InChI is InChI=1S/C16H17Cl2N5O/c1-9(6-22-12-3-4-13(17)14(18)5-12)15(19)23-16(24)11-7-20-10(2)21-8-11/h3-5,7-9,22H,6H2,1-2H3,(H2,19,23,24). The minimum absolute atomic E-state index is 0.158. The first-order valence-electron chi connectivity index (χ1n) is 7.22. The first-order valence-corrected chi connectivity index (χ1v) is 7.98. The molecule has 1 heterocycles. The van der Waals surface area contributed by atoms with Crippen LogP contribution in [0.2, 0.25) is 10.0 Å². The number of amidine groups is 1. The van der Waals surface area contributed by atoms with Crippen molar-refractivity contribution in [3.8, 4) is 0 Å². The quantitative estimate of drug-likeness (QED) is 0.625. The van der Waals surface area contributed by atoms with Crippen LogP contribution in [0.1, 0.15) is 23.1 Å². The molecule has 24 heavy (non-hydrogen) atoms. The third-order valence-corrected chi connectivity index (χ3v) is 4.03. The highest BCUT2D eigenvalue weighted by atomic mass is 35.5. The fourth-order valence-corrected chi connectivity index (χ4v) is 2.07. The number of aliphatic imine (C=N–C) groups is 1. The van der Waals surface area contributed by atoms with Gasteiger partial charge in [-0.2, -0.15) is 4.99 Å². The van der Waals surface area contributed by atoms with Crippen molar-refractivity contribution in [2.24, 2.45) is 16.6 Å². The normalized spacial score (nSPS) is 12.8. The number of anilines is 1. The van der Waals surface area contributed by atoms with Crippen LogP contribution >= 0.6 is 23.2 Å². The van der Waals surface area contributed by atoms with Crippen LogP contribution in [0.15, 0.2) is 35.6 Å². The summed E-state index contributed by atoms with van der Waals surface area (Å²) in [5, 5.41) is 4.13. The molecule has 0 fully saturated rings. The Hall–Kier alpha value is -2.18. The molecule has 6 nitrogen and oxygen atoms in total. The van der Waals surface area contributed by atoms with Crippen LogP contribution in [0, 0.1) is 12.8 Å². The smallest absolute Gasteiger partial charge is 0.281 e.